The number of carbonyl (C=O) groups is 2. The average molecular weight is 251 g/mol. The Morgan fingerprint density at radius 1 is 1.44 bits per heavy atom. The number of carbonyl (C=O) groups excluding carboxylic acids is 2. The minimum absolute atomic E-state index is 0.154. The van der Waals surface area contributed by atoms with Crippen LogP contribution in [-0.4, -0.2) is 30.9 Å². The van der Waals surface area contributed by atoms with Gasteiger partial charge < -0.3 is 4.74 Å². The quantitative estimate of drug-likeness (QED) is 0.762. The molecule has 2 rings (SSSR count). The SMILES string of the molecule is COc1ccc(CC2CC(=O)N(C)C2=O)c(F)c1. The van der Waals surface area contributed by atoms with E-state index in [1.807, 2.05) is 0 Å². The summed E-state index contributed by atoms with van der Waals surface area (Å²) in [5, 5.41) is 0. The van der Waals surface area contributed by atoms with Gasteiger partial charge in [-0.1, -0.05) is 6.07 Å². The van der Waals surface area contributed by atoms with Gasteiger partial charge in [0, 0.05) is 19.5 Å². The molecule has 5 heteroatoms. The Balaban J connectivity index is 2.15. The van der Waals surface area contributed by atoms with E-state index in [0.717, 1.165) is 4.90 Å². The van der Waals surface area contributed by atoms with Gasteiger partial charge in [-0.15, -0.1) is 0 Å². The van der Waals surface area contributed by atoms with Crippen LogP contribution in [-0.2, 0) is 16.0 Å². The largest absolute Gasteiger partial charge is 0.497 e. The Hall–Kier alpha value is -1.91. The highest BCUT2D eigenvalue weighted by atomic mass is 19.1. The molecule has 1 heterocycles. The molecule has 18 heavy (non-hydrogen) atoms. The highest BCUT2D eigenvalue weighted by Crippen LogP contribution is 2.25. The lowest BCUT2D eigenvalue weighted by atomic mass is 9.97. The van der Waals surface area contributed by atoms with E-state index in [1.165, 1.54) is 20.2 Å². The van der Waals surface area contributed by atoms with Crippen LogP contribution in [0.1, 0.15) is 12.0 Å². The third kappa shape index (κ3) is 2.20. The molecule has 1 aliphatic rings. The van der Waals surface area contributed by atoms with Crippen molar-refractivity contribution in [3.05, 3.63) is 29.6 Å². The molecule has 1 aliphatic heterocycles. The van der Waals surface area contributed by atoms with Gasteiger partial charge in [-0.2, -0.15) is 0 Å². The summed E-state index contributed by atoms with van der Waals surface area (Å²) in [7, 11) is 2.91. The van der Waals surface area contributed by atoms with Crippen molar-refractivity contribution in [1.29, 1.82) is 0 Å². The van der Waals surface area contributed by atoms with Gasteiger partial charge in [-0.25, -0.2) is 4.39 Å². The second-order valence-corrected chi connectivity index (χ2v) is 4.35. The molecule has 1 aromatic carbocycles. The van der Waals surface area contributed by atoms with Crippen molar-refractivity contribution >= 4 is 11.8 Å². The number of rotatable bonds is 3. The van der Waals surface area contributed by atoms with Crippen molar-refractivity contribution < 1.29 is 18.7 Å². The molecule has 0 saturated carbocycles. The highest BCUT2D eigenvalue weighted by molar-refractivity contribution is 6.03. The van der Waals surface area contributed by atoms with Gasteiger partial charge in [0.15, 0.2) is 0 Å². The van der Waals surface area contributed by atoms with Crippen LogP contribution in [0, 0.1) is 11.7 Å². The molecule has 1 unspecified atom stereocenters. The normalized spacial score (nSPS) is 19.5. The summed E-state index contributed by atoms with van der Waals surface area (Å²) >= 11 is 0. The topological polar surface area (TPSA) is 46.6 Å². The lowest BCUT2D eigenvalue weighted by Crippen LogP contribution is -2.26. The number of halogens is 1. The fourth-order valence-corrected chi connectivity index (χ4v) is 2.08. The first-order chi connectivity index (χ1) is 8.52. The van der Waals surface area contributed by atoms with E-state index < -0.39 is 11.7 Å². The van der Waals surface area contributed by atoms with Gasteiger partial charge in [0.05, 0.1) is 13.0 Å². The zero-order valence-corrected chi connectivity index (χ0v) is 10.3. The number of hydrogen-bond acceptors (Lipinski definition) is 3. The lowest BCUT2D eigenvalue weighted by molar-refractivity contribution is -0.137. The summed E-state index contributed by atoms with van der Waals surface area (Å²) < 4.78 is 18.6. The predicted molar refractivity (Wildman–Crippen MR) is 62.5 cm³/mol. The van der Waals surface area contributed by atoms with Crippen LogP contribution in [0.15, 0.2) is 18.2 Å². The van der Waals surface area contributed by atoms with E-state index in [9.17, 15) is 14.0 Å². The molecule has 0 aliphatic carbocycles. The third-order valence-corrected chi connectivity index (χ3v) is 3.20. The standard InChI is InChI=1S/C13H14FNO3/c1-15-12(16)6-9(13(15)17)5-8-3-4-10(18-2)7-11(8)14/h3-4,7,9H,5-6H2,1-2H3. The predicted octanol–water partition coefficient (Wildman–Crippen LogP) is 1.38. The zero-order chi connectivity index (χ0) is 13.3. The molecule has 1 aromatic rings. The number of ether oxygens (including phenoxy) is 1. The first-order valence-corrected chi connectivity index (χ1v) is 5.65. The summed E-state index contributed by atoms with van der Waals surface area (Å²) in [6, 6.07) is 4.51. The Kier molecular flexibility index (Phi) is 3.32. The van der Waals surface area contributed by atoms with Gasteiger partial charge in [-0.3, -0.25) is 14.5 Å². The molecule has 2 amide bonds. The van der Waals surface area contributed by atoms with Crippen molar-refractivity contribution in [2.75, 3.05) is 14.2 Å². The first kappa shape index (κ1) is 12.5. The van der Waals surface area contributed by atoms with E-state index >= 15 is 0 Å². The third-order valence-electron chi connectivity index (χ3n) is 3.20. The Morgan fingerprint density at radius 2 is 2.17 bits per heavy atom. The molecule has 96 valence electrons. The molecular weight excluding hydrogens is 237 g/mol. The molecule has 1 saturated heterocycles. The zero-order valence-electron chi connectivity index (χ0n) is 10.3. The maximum atomic E-state index is 13.7. The molecule has 0 aromatic heterocycles. The summed E-state index contributed by atoms with van der Waals surface area (Å²) in [4.78, 5) is 24.2. The average Bonchev–Trinajstić information content (AvgIpc) is 2.59. The molecular formula is C13H14FNO3. The van der Waals surface area contributed by atoms with Crippen molar-refractivity contribution in [1.82, 2.24) is 4.90 Å². The lowest BCUT2D eigenvalue weighted by Gasteiger charge is -2.10. The van der Waals surface area contributed by atoms with Crippen LogP contribution in [0.4, 0.5) is 4.39 Å². The van der Waals surface area contributed by atoms with Crippen LogP contribution < -0.4 is 4.74 Å². The molecule has 0 bridgehead atoms. The number of benzene rings is 1. The number of imide groups is 1. The molecule has 0 N–H and O–H groups in total. The fraction of sp³-hybridized carbons (Fsp3) is 0.385. The summed E-state index contributed by atoms with van der Waals surface area (Å²) in [6.07, 6.45) is 0.394. The summed E-state index contributed by atoms with van der Waals surface area (Å²) in [5.74, 6) is -0.883. The van der Waals surface area contributed by atoms with Crippen LogP contribution in [0.5, 0.6) is 5.75 Å². The van der Waals surface area contributed by atoms with E-state index in [2.05, 4.69) is 0 Å². The maximum Gasteiger partial charge on any atom is 0.232 e. The van der Waals surface area contributed by atoms with Gasteiger partial charge in [0.25, 0.3) is 0 Å². The van der Waals surface area contributed by atoms with E-state index in [1.54, 1.807) is 12.1 Å². The molecule has 4 nitrogen and oxygen atoms in total. The number of amides is 2. The Bertz CT molecular complexity index is 501. The van der Waals surface area contributed by atoms with Crippen LogP contribution >= 0.6 is 0 Å². The number of hydrogen-bond donors (Lipinski definition) is 0. The molecule has 0 spiro atoms. The second-order valence-electron chi connectivity index (χ2n) is 4.35. The van der Waals surface area contributed by atoms with Crippen molar-refractivity contribution in [3.8, 4) is 5.75 Å². The van der Waals surface area contributed by atoms with E-state index in [0.29, 0.717) is 11.3 Å². The van der Waals surface area contributed by atoms with Gasteiger partial charge in [-0.05, 0) is 18.1 Å². The number of nitrogens with zero attached hydrogens (tertiary/aromatic N) is 1. The fourth-order valence-electron chi connectivity index (χ4n) is 2.08. The maximum absolute atomic E-state index is 13.7. The Morgan fingerprint density at radius 3 is 2.67 bits per heavy atom. The van der Waals surface area contributed by atoms with Crippen LogP contribution in [0.3, 0.4) is 0 Å². The van der Waals surface area contributed by atoms with Gasteiger partial charge >= 0.3 is 0 Å². The highest BCUT2D eigenvalue weighted by Gasteiger charge is 2.36. The molecule has 1 fully saturated rings. The van der Waals surface area contributed by atoms with Crippen molar-refractivity contribution in [2.45, 2.75) is 12.8 Å². The van der Waals surface area contributed by atoms with E-state index in [4.69, 9.17) is 4.74 Å². The van der Waals surface area contributed by atoms with Gasteiger partial charge in [0.1, 0.15) is 11.6 Å². The monoisotopic (exact) mass is 251 g/mol. The Labute approximate surface area is 104 Å². The summed E-state index contributed by atoms with van der Waals surface area (Å²) in [6.45, 7) is 0. The van der Waals surface area contributed by atoms with Crippen LogP contribution in [0.25, 0.3) is 0 Å². The van der Waals surface area contributed by atoms with Crippen molar-refractivity contribution in [3.63, 3.8) is 0 Å². The van der Waals surface area contributed by atoms with Crippen molar-refractivity contribution in [2.24, 2.45) is 5.92 Å². The second kappa shape index (κ2) is 4.76. The van der Waals surface area contributed by atoms with Gasteiger partial charge in [0.2, 0.25) is 11.8 Å². The molecule has 1 atom stereocenters. The smallest absolute Gasteiger partial charge is 0.232 e. The van der Waals surface area contributed by atoms with Crippen LogP contribution in [0.2, 0.25) is 0 Å². The minimum Gasteiger partial charge on any atom is -0.497 e. The number of likely N-dealkylation sites (tertiary alicyclic amines) is 1. The summed E-state index contributed by atoms with van der Waals surface area (Å²) in [5.41, 5.74) is 0.428. The van der Waals surface area contributed by atoms with E-state index in [-0.39, 0.29) is 24.7 Å². The first-order valence-electron chi connectivity index (χ1n) is 5.65. The minimum atomic E-state index is -0.453. The number of methoxy groups -OCH3 is 1. The molecule has 0 radical (unpaired) electrons.